The van der Waals surface area contributed by atoms with Crippen LogP contribution < -0.4 is 5.73 Å². The van der Waals surface area contributed by atoms with Gasteiger partial charge in [0.15, 0.2) is 0 Å². The van der Waals surface area contributed by atoms with Crippen molar-refractivity contribution < 1.29 is 9.53 Å². The van der Waals surface area contributed by atoms with Crippen LogP contribution in [-0.2, 0) is 16.0 Å². The smallest absolute Gasteiger partial charge is 0.323 e. The minimum Gasteiger partial charge on any atom is -0.465 e. The molecule has 2 N–H and O–H groups in total. The number of carbonyl (C=O) groups excluding carboxylic acids is 1. The van der Waals surface area contributed by atoms with Crippen LogP contribution in [0.4, 0.5) is 0 Å². The summed E-state index contributed by atoms with van der Waals surface area (Å²) in [5.41, 5.74) is 6.60. The van der Waals surface area contributed by atoms with Crippen molar-refractivity contribution in [1.82, 2.24) is 0 Å². The Hall–Kier alpha value is -0.770. The predicted molar refractivity (Wildman–Crippen MR) is 67.0 cm³/mol. The maximum Gasteiger partial charge on any atom is 0.323 e. The summed E-state index contributed by atoms with van der Waals surface area (Å²) in [6, 6.07) is 6.66. The third-order valence-electron chi connectivity index (χ3n) is 1.93. The molecular formula is C11H15Cl2NO2. The summed E-state index contributed by atoms with van der Waals surface area (Å²) in [5.74, 6) is -0.377. The van der Waals surface area contributed by atoms with Crippen molar-refractivity contribution in [3.8, 4) is 0 Å². The number of rotatable bonds is 4. The number of hydrogen-bond donors (Lipinski definition) is 1. The van der Waals surface area contributed by atoms with Crippen molar-refractivity contribution >= 4 is 30.0 Å². The summed E-state index contributed by atoms with van der Waals surface area (Å²) in [5, 5.41) is 0.642. The fourth-order valence-corrected chi connectivity index (χ4v) is 1.46. The molecule has 16 heavy (non-hydrogen) atoms. The normalized spacial score (nSPS) is 11.4. The maximum absolute atomic E-state index is 11.3. The van der Waals surface area contributed by atoms with E-state index in [1.807, 2.05) is 12.1 Å². The van der Waals surface area contributed by atoms with Gasteiger partial charge < -0.3 is 10.5 Å². The van der Waals surface area contributed by atoms with Crippen LogP contribution in [0.3, 0.4) is 0 Å². The van der Waals surface area contributed by atoms with Gasteiger partial charge in [0.25, 0.3) is 0 Å². The van der Waals surface area contributed by atoms with Gasteiger partial charge in [-0.05, 0) is 31.0 Å². The van der Waals surface area contributed by atoms with Crippen molar-refractivity contribution in [2.45, 2.75) is 19.4 Å². The summed E-state index contributed by atoms with van der Waals surface area (Å²) in [6.07, 6.45) is 0.444. The fourth-order valence-electron chi connectivity index (χ4n) is 1.25. The molecule has 0 amide bonds. The lowest BCUT2D eigenvalue weighted by Gasteiger charge is -2.10. The average Bonchev–Trinajstić information content (AvgIpc) is 2.18. The van der Waals surface area contributed by atoms with Gasteiger partial charge in [-0.2, -0.15) is 0 Å². The Kier molecular flexibility index (Phi) is 7.13. The molecule has 1 atom stereocenters. The molecule has 0 aliphatic rings. The van der Waals surface area contributed by atoms with Crippen LogP contribution in [0.25, 0.3) is 0 Å². The molecule has 0 saturated carbocycles. The molecule has 0 saturated heterocycles. The highest BCUT2D eigenvalue weighted by Crippen LogP contribution is 2.12. The number of carbonyl (C=O) groups is 1. The van der Waals surface area contributed by atoms with Gasteiger partial charge in [0.05, 0.1) is 6.61 Å². The minimum atomic E-state index is -0.622. The summed E-state index contributed by atoms with van der Waals surface area (Å²) >= 11 is 5.81. The van der Waals surface area contributed by atoms with E-state index in [0.717, 1.165) is 5.56 Å². The van der Waals surface area contributed by atoms with E-state index in [1.165, 1.54) is 0 Å². The Morgan fingerprint density at radius 3 is 2.81 bits per heavy atom. The van der Waals surface area contributed by atoms with Crippen molar-refractivity contribution in [1.29, 1.82) is 0 Å². The monoisotopic (exact) mass is 263 g/mol. The molecule has 1 aromatic rings. The lowest BCUT2D eigenvalue weighted by Crippen LogP contribution is -2.34. The zero-order valence-electron chi connectivity index (χ0n) is 8.98. The van der Waals surface area contributed by atoms with Gasteiger partial charge in [-0.15, -0.1) is 12.4 Å². The van der Waals surface area contributed by atoms with Gasteiger partial charge in [-0.3, -0.25) is 4.79 Å². The maximum atomic E-state index is 11.3. The number of ether oxygens (including phenoxy) is 1. The Morgan fingerprint density at radius 2 is 2.25 bits per heavy atom. The fraction of sp³-hybridized carbons (Fsp3) is 0.364. The number of esters is 1. The highest BCUT2D eigenvalue weighted by atomic mass is 35.5. The highest BCUT2D eigenvalue weighted by Gasteiger charge is 2.14. The Morgan fingerprint density at radius 1 is 1.56 bits per heavy atom. The van der Waals surface area contributed by atoms with Crippen LogP contribution in [0.2, 0.25) is 5.02 Å². The molecule has 0 aliphatic heterocycles. The molecule has 5 heteroatoms. The van der Waals surface area contributed by atoms with Crippen LogP contribution in [0.15, 0.2) is 24.3 Å². The summed E-state index contributed by atoms with van der Waals surface area (Å²) in [6.45, 7) is 2.10. The molecule has 0 aromatic heterocycles. The minimum absolute atomic E-state index is 0. The van der Waals surface area contributed by atoms with E-state index in [-0.39, 0.29) is 18.4 Å². The van der Waals surface area contributed by atoms with Crippen LogP contribution in [0.5, 0.6) is 0 Å². The summed E-state index contributed by atoms with van der Waals surface area (Å²) in [7, 11) is 0. The van der Waals surface area contributed by atoms with E-state index < -0.39 is 6.04 Å². The second-order valence-corrected chi connectivity index (χ2v) is 3.63. The van der Waals surface area contributed by atoms with Crippen molar-refractivity contribution in [2.75, 3.05) is 6.61 Å². The Bertz CT molecular complexity index is 345. The molecule has 1 rings (SSSR count). The van der Waals surface area contributed by atoms with Gasteiger partial charge >= 0.3 is 5.97 Å². The topological polar surface area (TPSA) is 52.3 Å². The van der Waals surface area contributed by atoms with Crippen LogP contribution >= 0.6 is 24.0 Å². The highest BCUT2D eigenvalue weighted by molar-refractivity contribution is 6.30. The van der Waals surface area contributed by atoms with E-state index in [2.05, 4.69) is 0 Å². The lowest BCUT2D eigenvalue weighted by atomic mass is 10.1. The summed E-state index contributed by atoms with van der Waals surface area (Å²) < 4.78 is 4.81. The average molecular weight is 264 g/mol. The zero-order valence-corrected chi connectivity index (χ0v) is 10.6. The number of hydrogen-bond acceptors (Lipinski definition) is 3. The van der Waals surface area contributed by atoms with Crippen LogP contribution in [0.1, 0.15) is 12.5 Å². The second-order valence-electron chi connectivity index (χ2n) is 3.19. The SMILES string of the molecule is CCOC(=O)[C@@H](N)Cc1cccc(Cl)c1.Cl. The predicted octanol–water partition coefficient (Wildman–Crippen LogP) is 2.19. The quantitative estimate of drug-likeness (QED) is 0.848. The van der Waals surface area contributed by atoms with E-state index in [1.54, 1.807) is 19.1 Å². The first-order valence-electron chi connectivity index (χ1n) is 4.80. The summed E-state index contributed by atoms with van der Waals surface area (Å²) in [4.78, 5) is 11.3. The van der Waals surface area contributed by atoms with Gasteiger partial charge in [-0.1, -0.05) is 23.7 Å². The van der Waals surface area contributed by atoms with E-state index in [4.69, 9.17) is 22.1 Å². The standard InChI is InChI=1S/C11H14ClNO2.ClH/c1-2-15-11(14)10(13)7-8-4-3-5-9(12)6-8;/h3-6,10H,2,7,13H2,1H3;1H/t10-;/m0./s1. The number of nitrogens with two attached hydrogens (primary N) is 1. The van der Waals surface area contributed by atoms with Crippen molar-refractivity contribution in [3.05, 3.63) is 34.9 Å². The van der Waals surface area contributed by atoms with Crippen molar-refractivity contribution in [2.24, 2.45) is 5.73 Å². The molecule has 0 spiro atoms. The number of benzene rings is 1. The molecule has 0 heterocycles. The number of halogens is 2. The molecule has 0 radical (unpaired) electrons. The first-order chi connectivity index (χ1) is 7.13. The largest absolute Gasteiger partial charge is 0.465 e. The van der Waals surface area contributed by atoms with Crippen LogP contribution in [-0.4, -0.2) is 18.6 Å². The van der Waals surface area contributed by atoms with E-state index >= 15 is 0 Å². The van der Waals surface area contributed by atoms with Gasteiger partial charge in [0.2, 0.25) is 0 Å². The van der Waals surface area contributed by atoms with E-state index in [0.29, 0.717) is 18.1 Å². The molecule has 1 aromatic carbocycles. The van der Waals surface area contributed by atoms with Crippen LogP contribution in [0, 0.1) is 0 Å². The molecular weight excluding hydrogens is 249 g/mol. The van der Waals surface area contributed by atoms with Gasteiger partial charge in [0, 0.05) is 5.02 Å². The molecule has 90 valence electrons. The van der Waals surface area contributed by atoms with Crippen molar-refractivity contribution in [3.63, 3.8) is 0 Å². The first-order valence-corrected chi connectivity index (χ1v) is 5.18. The Labute approximate surface area is 106 Å². The zero-order chi connectivity index (χ0) is 11.3. The van der Waals surface area contributed by atoms with E-state index in [9.17, 15) is 4.79 Å². The molecule has 0 aliphatic carbocycles. The molecule has 0 bridgehead atoms. The first kappa shape index (κ1) is 15.2. The van der Waals surface area contributed by atoms with Gasteiger partial charge in [0.1, 0.15) is 6.04 Å². The molecule has 0 unspecified atom stereocenters. The third kappa shape index (κ3) is 4.84. The molecule has 3 nitrogen and oxygen atoms in total. The second kappa shape index (κ2) is 7.49. The molecule has 0 fully saturated rings. The lowest BCUT2D eigenvalue weighted by molar-refractivity contribution is -0.144. The van der Waals surface area contributed by atoms with Gasteiger partial charge in [-0.25, -0.2) is 0 Å². The third-order valence-corrected chi connectivity index (χ3v) is 2.17. The Balaban J connectivity index is 0.00000225.